The molecule has 0 rings (SSSR count). The van der Waals surface area contributed by atoms with E-state index in [0.29, 0.717) is 19.4 Å². The van der Waals surface area contributed by atoms with Gasteiger partial charge in [0.25, 0.3) is 0 Å². The number of halogens is 1. The Morgan fingerprint density at radius 1 is 1.43 bits per heavy atom. The first-order valence-corrected chi connectivity index (χ1v) is 4.28. The van der Waals surface area contributed by atoms with Crippen LogP contribution in [0.1, 0.15) is 26.2 Å². The number of rotatable bonds is 6. The molecule has 1 amide bonds. The molecular formula is C8H17ClN2O3. The molecule has 0 aliphatic rings. The fourth-order valence-corrected chi connectivity index (χ4v) is 0.996. The lowest BCUT2D eigenvalue weighted by Gasteiger charge is -2.12. The SMILES string of the molecule is CC(=O)N[C@@H](CCCCN)C(=O)O.Cl. The van der Waals surface area contributed by atoms with Gasteiger partial charge in [0.2, 0.25) is 5.91 Å². The fourth-order valence-electron chi connectivity index (χ4n) is 0.996. The first-order valence-electron chi connectivity index (χ1n) is 4.28. The fraction of sp³-hybridized carbons (Fsp3) is 0.750. The number of carboxylic acids is 1. The van der Waals surface area contributed by atoms with Gasteiger partial charge in [-0.15, -0.1) is 12.4 Å². The van der Waals surface area contributed by atoms with Crippen LogP contribution in [0.4, 0.5) is 0 Å². The molecule has 84 valence electrons. The van der Waals surface area contributed by atoms with Crippen LogP contribution in [0.5, 0.6) is 0 Å². The van der Waals surface area contributed by atoms with Gasteiger partial charge in [0.05, 0.1) is 0 Å². The Kier molecular flexibility index (Phi) is 9.81. The standard InChI is InChI=1S/C8H16N2O3.ClH/c1-6(11)10-7(8(12)13)4-2-3-5-9;/h7H,2-5,9H2,1H3,(H,10,11)(H,12,13);1H/t7-;/m0./s1. The zero-order valence-corrected chi connectivity index (χ0v) is 8.97. The van der Waals surface area contributed by atoms with E-state index in [0.717, 1.165) is 6.42 Å². The minimum atomic E-state index is -0.993. The summed E-state index contributed by atoms with van der Waals surface area (Å²) in [6, 6.07) is -0.774. The molecule has 0 radical (unpaired) electrons. The lowest BCUT2D eigenvalue weighted by Crippen LogP contribution is -2.39. The van der Waals surface area contributed by atoms with Crippen molar-refractivity contribution < 1.29 is 14.7 Å². The van der Waals surface area contributed by atoms with Crippen molar-refractivity contribution in [3.63, 3.8) is 0 Å². The molecule has 0 spiro atoms. The first-order chi connectivity index (χ1) is 6.07. The predicted molar refractivity (Wildman–Crippen MR) is 55.4 cm³/mol. The first kappa shape index (κ1) is 15.7. The second-order valence-electron chi connectivity index (χ2n) is 2.88. The largest absolute Gasteiger partial charge is 0.480 e. The van der Waals surface area contributed by atoms with Gasteiger partial charge >= 0.3 is 5.97 Å². The average molecular weight is 225 g/mol. The molecule has 0 aromatic heterocycles. The van der Waals surface area contributed by atoms with E-state index >= 15 is 0 Å². The maximum atomic E-state index is 10.6. The topological polar surface area (TPSA) is 92.4 Å². The summed E-state index contributed by atoms with van der Waals surface area (Å²) in [4.78, 5) is 21.2. The third kappa shape index (κ3) is 7.82. The van der Waals surface area contributed by atoms with Gasteiger partial charge in [0, 0.05) is 6.92 Å². The maximum absolute atomic E-state index is 10.6. The van der Waals surface area contributed by atoms with Gasteiger partial charge in [-0.2, -0.15) is 0 Å². The van der Waals surface area contributed by atoms with Crippen LogP contribution in [0.15, 0.2) is 0 Å². The monoisotopic (exact) mass is 224 g/mol. The second-order valence-corrected chi connectivity index (χ2v) is 2.88. The van der Waals surface area contributed by atoms with E-state index in [1.54, 1.807) is 0 Å². The number of nitrogens with one attached hydrogen (secondary N) is 1. The number of carbonyl (C=O) groups is 2. The van der Waals surface area contributed by atoms with Crippen LogP contribution < -0.4 is 11.1 Å². The van der Waals surface area contributed by atoms with Crippen molar-refractivity contribution in [3.8, 4) is 0 Å². The molecule has 6 heteroatoms. The van der Waals surface area contributed by atoms with Crippen LogP contribution in [0.25, 0.3) is 0 Å². The molecule has 0 heterocycles. The van der Waals surface area contributed by atoms with Crippen molar-refractivity contribution in [2.45, 2.75) is 32.2 Å². The van der Waals surface area contributed by atoms with Crippen molar-refractivity contribution in [2.75, 3.05) is 6.54 Å². The molecule has 0 saturated heterocycles. The Hall–Kier alpha value is -0.810. The number of aliphatic carboxylic acids is 1. The highest BCUT2D eigenvalue weighted by Gasteiger charge is 2.16. The Morgan fingerprint density at radius 3 is 2.36 bits per heavy atom. The van der Waals surface area contributed by atoms with E-state index in [4.69, 9.17) is 10.8 Å². The zero-order valence-electron chi connectivity index (χ0n) is 8.16. The predicted octanol–water partition coefficient (Wildman–Crippen LogP) is 0.127. The van der Waals surface area contributed by atoms with Gasteiger partial charge < -0.3 is 16.2 Å². The number of unbranched alkanes of at least 4 members (excludes halogenated alkanes) is 1. The number of hydrogen-bond donors (Lipinski definition) is 3. The van der Waals surface area contributed by atoms with Crippen LogP contribution in [-0.4, -0.2) is 29.6 Å². The van der Waals surface area contributed by atoms with Crippen LogP contribution in [0.3, 0.4) is 0 Å². The van der Waals surface area contributed by atoms with E-state index in [9.17, 15) is 9.59 Å². The molecule has 0 bridgehead atoms. The minimum Gasteiger partial charge on any atom is -0.480 e. The third-order valence-corrected chi connectivity index (χ3v) is 1.62. The maximum Gasteiger partial charge on any atom is 0.326 e. The van der Waals surface area contributed by atoms with E-state index in [1.165, 1.54) is 6.92 Å². The summed E-state index contributed by atoms with van der Waals surface area (Å²) >= 11 is 0. The number of hydrogen-bond acceptors (Lipinski definition) is 3. The van der Waals surface area contributed by atoms with Gasteiger partial charge in [0.15, 0.2) is 0 Å². The van der Waals surface area contributed by atoms with Crippen LogP contribution in [0.2, 0.25) is 0 Å². The molecule has 14 heavy (non-hydrogen) atoms. The number of carbonyl (C=O) groups excluding carboxylic acids is 1. The minimum absolute atomic E-state index is 0. The lowest BCUT2D eigenvalue weighted by atomic mass is 10.1. The summed E-state index contributed by atoms with van der Waals surface area (Å²) in [6.07, 6.45) is 1.93. The molecule has 0 saturated carbocycles. The highest BCUT2D eigenvalue weighted by molar-refractivity contribution is 5.85. The third-order valence-electron chi connectivity index (χ3n) is 1.62. The van der Waals surface area contributed by atoms with Gasteiger partial charge in [-0.3, -0.25) is 4.79 Å². The summed E-state index contributed by atoms with van der Waals surface area (Å²) < 4.78 is 0. The van der Waals surface area contributed by atoms with Crippen molar-refractivity contribution in [2.24, 2.45) is 5.73 Å². The van der Waals surface area contributed by atoms with Crippen LogP contribution >= 0.6 is 12.4 Å². The quantitative estimate of drug-likeness (QED) is 0.559. The Bertz CT molecular complexity index is 187. The molecular weight excluding hydrogens is 208 g/mol. The summed E-state index contributed by atoms with van der Waals surface area (Å²) in [5.41, 5.74) is 5.26. The molecule has 0 aliphatic heterocycles. The molecule has 0 aromatic carbocycles. The normalized spacial score (nSPS) is 11.3. The average Bonchev–Trinajstić information content (AvgIpc) is 2.02. The van der Waals surface area contributed by atoms with Crippen molar-refractivity contribution in [3.05, 3.63) is 0 Å². The summed E-state index contributed by atoms with van der Waals surface area (Å²) in [5, 5.41) is 11.0. The lowest BCUT2D eigenvalue weighted by molar-refractivity contribution is -0.141. The Balaban J connectivity index is 0. The van der Waals surface area contributed by atoms with E-state index in [2.05, 4.69) is 5.32 Å². The van der Waals surface area contributed by atoms with E-state index in [1.807, 2.05) is 0 Å². The summed E-state index contributed by atoms with van der Waals surface area (Å²) in [5.74, 6) is -1.31. The van der Waals surface area contributed by atoms with E-state index < -0.39 is 12.0 Å². The number of nitrogens with two attached hydrogens (primary N) is 1. The van der Waals surface area contributed by atoms with Gasteiger partial charge in [-0.1, -0.05) is 0 Å². The Morgan fingerprint density at radius 2 is 2.00 bits per heavy atom. The van der Waals surface area contributed by atoms with Gasteiger partial charge in [0.1, 0.15) is 6.04 Å². The smallest absolute Gasteiger partial charge is 0.326 e. The zero-order chi connectivity index (χ0) is 10.3. The van der Waals surface area contributed by atoms with Crippen molar-refractivity contribution in [1.82, 2.24) is 5.32 Å². The molecule has 0 aromatic rings. The van der Waals surface area contributed by atoms with Crippen LogP contribution in [-0.2, 0) is 9.59 Å². The Labute approximate surface area is 89.5 Å². The van der Waals surface area contributed by atoms with Gasteiger partial charge in [-0.25, -0.2) is 4.79 Å². The van der Waals surface area contributed by atoms with Gasteiger partial charge in [-0.05, 0) is 25.8 Å². The highest BCUT2D eigenvalue weighted by Crippen LogP contribution is 2.00. The number of carboxylic acid groups (broad SMARTS) is 1. The molecule has 1 atom stereocenters. The molecule has 0 fully saturated rings. The molecule has 5 nitrogen and oxygen atoms in total. The van der Waals surface area contributed by atoms with Crippen molar-refractivity contribution in [1.29, 1.82) is 0 Å². The summed E-state index contributed by atoms with van der Waals surface area (Å²) in [6.45, 7) is 1.85. The number of amides is 1. The van der Waals surface area contributed by atoms with E-state index in [-0.39, 0.29) is 18.3 Å². The molecule has 0 aliphatic carbocycles. The second kappa shape index (κ2) is 8.77. The van der Waals surface area contributed by atoms with Crippen LogP contribution in [0, 0.1) is 0 Å². The summed E-state index contributed by atoms with van der Waals surface area (Å²) in [7, 11) is 0. The molecule has 0 unspecified atom stereocenters. The molecule has 4 N–H and O–H groups in total. The van der Waals surface area contributed by atoms with Crippen molar-refractivity contribution >= 4 is 24.3 Å². The highest BCUT2D eigenvalue weighted by atomic mass is 35.5.